The van der Waals surface area contributed by atoms with Gasteiger partial charge in [-0.15, -0.1) is 11.8 Å². The van der Waals surface area contributed by atoms with Crippen LogP contribution in [0.15, 0.2) is 4.90 Å². The molecule has 0 aromatic carbocycles. The number of rotatable bonds is 1. The lowest BCUT2D eigenvalue weighted by molar-refractivity contribution is 0.138. The summed E-state index contributed by atoms with van der Waals surface area (Å²) in [4.78, 5) is 13.2. The van der Waals surface area contributed by atoms with Gasteiger partial charge in [-0.1, -0.05) is 13.8 Å². The zero-order valence-corrected chi connectivity index (χ0v) is 12.7. The maximum atomic E-state index is 5.69. The third kappa shape index (κ3) is 2.46. The molecular weight excluding hydrogens is 258 g/mol. The molecule has 1 aromatic heterocycles. The second-order valence-electron chi connectivity index (χ2n) is 5.56. The van der Waals surface area contributed by atoms with Crippen molar-refractivity contribution >= 4 is 17.6 Å². The normalized spacial score (nSPS) is 22.9. The van der Waals surface area contributed by atoms with Crippen LogP contribution >= 0.6 is 11.8 Å². The fourth-order valence-electron chi connectivity index (χ4n) is 2.62. The first kappa shape index (κ1) is 13.2. The standard InChI is InChI=1S/C14H21N3OS/c1-9(2)13-15-10(3)12-14(16-13)17-5-4-6-18-7-11(17)8-19-12/h9,11H,4-8H2,1-3H3. The molecule has 3 heterocycles. The largest absolute Gasteiger partial charge is 0.379 e. The molecule has 4 nitrogen and oxygen atoms in total. The van der Waals surface area contributed by atoms with E-state index in [0.717, 1.165) is 49.3 Å². The lowest BCUT2D eigenvalue weighted by Crippen LogP contribution is -2.43. The highest BCUT2D eigenvalue weighted by Crippen LogP contribution is 2.39. The number of thioether (sulfide) groups is 1. The summed E-state index contributed by atoms with van der Waals surface area (Å²) in [6.45, 7) is 9.15. The van der Waals surface area contributed by atoms with Crippen molar-refractivity contribution in [2.45, 2.75) is 44.0 Å². The molecule has 1 fully saturated rings. The molecule has 19 heavy (non-hydrogen) atoms. The molecule has 5 heteroatoms. The Morgan fingerprint density at radius 3 is 3.00 bits per heavy atom. The van der Waals surface area contributed by atoms with Gasteiger partial charge < -0.3 is 9.64 Å². The van der Waals surface area contributed by atoms with E-state index in [9.17, 15) is 0 Å². The first-order valence-corrected chi connectivity index (χ1v) is 8.01. The summed E-state index contributed by atoms with van der Waals surface area (Å²) < 4.78 is 5.69. The van der Waals surface area contributed by atoms with Gasteiger partial charge in [-0.2, -0.15) is 0 Å². The van der Waals surface area contributed by atoms with Gasteiger partial charge in [-0.25, -0.2) is 9.97 Å². The molecule has 3 rings (SSSR count). The number of fused-ring (bicyclic) bond motifs is 3. The highest BCUT2D eigenvalue weighted by Gasteiger charge is 2.31. The fourth-order valence-corrected chi connectivity index (χ4v) is 3.80. The lowest BCUT2D eigenvalue weighted by atomic mass is 10.2. The number of ether oxygens (including phenoxy) is 1. The Morgan fingerprint density at radius 1 is 1.37 bits per heavy atom. The van der Waals surface area contributed by atoms with Crippen molar-refractivity contribution in [3.05, 3.63) is 11.5 Å². The predicted molar refractivity (Wildman–Crippen MR) is 78.2 cm³/mol. The van der Waals surface area contributed by atoms with Crippen LogP contribution in [0.4, 0.5) is 5.82 Å². The molecule has 2 aliphatic heterocycles. The molecule has 0 spiro atoms. The molecule has 104 valence electrons. The topological polar surface area (TPSA) is 38.3 Å². The highest BCUT2D eigenvalue weighted by molar-refractivity contribution is 7.99. The monoisotopic (exact) mass is 279 g/mol. The molecule has 0 amide bonds. The lowest BCUT2D eigenvalue weighted by Gasteiger charge is -2.36. The summed E-state index contributed by atoms with van der Waals surface area (Å²) in [6, 6.07) is 0.467. The Kier molecular flexibility index (Phi) is 3.67. The Hall–Kier alpha value is -0.810. The van der Waals surface area contributed by atoms with Gasteiger partial charge in [0, 0.05) is 24.8 Å². The Balaban J connectivity index is 2.04. The van der Waals surface area contributed by atoms with E-state index in [4.69, 9.17) is 9.72 Å². The van der Waals surface area contributed by atoms with E-state index in [-0.39, 0.29) is 0 Å². The molecular formula is C14H21N3OS. The first-order valence-electron chi connectivity index (χ1n) is 7.02. The highest BCUT2D eigenvalue weighted by atomic mass is 32.2. The van der Waals surface area contributed by atoms with Gasteiger partial charge in [0.1, 0.15) is 11.6 Å². The molecule has 1 atom stereocenters. The maximum absolute atomic E-state index is 5.69. The zero-order chi connectivity index (χ0) is 13.4. The molecule has 2 aliphatic rings. The average Bonchev–Trinajstić information content (AvgIpc) is 2.63. The summed E-state index contributed by atoms with van der Waals surface area (Å²) in [5.41, 5.74) is 1.13. The van der Waals surface area contributed by atoms with Gasteiger partial charge in [0.2, 0.25) is 0 Å². The Labute approximate surface area is 119 Å². The Bertz CT molecular complexity index is 478. The van der Waals surface area contributed by atoms with E-state index in [1.165, 1.54) is 4.90 Å². The van der Waals surface area contributed by atoms with Crippen LogP contribution in [0.2, 0.25) is 0 Å². The predicted octanol–water partition coefficient (Wildman–Crippen LogP) is 2.61. The Morgan fingerprint density at radius 2 is 2.21 bits per heavy atom. The molecule has 0 aliphatic carbocycles. The van der Waals surface area contributed by atoms with Crippen molar-refractivity contribution in [3.63, 3.8) is 0 Å². The molecule has 0 saturated carbocycles. The minimum absolute atomic E-state index is 0.373. The summed E-state index contributed by atoms with van der Waals surface area (Å²) in [7, 11) is 0. The maximum Gasteiger partial charge on any atom is 0.146 e. The van der Waals surface area contributed by atoms with Gasteiger partial charge >= 0.3 is 0 Å². The van der Waals surface area contributed by atoms with Crippen LogP contribution in [0.5, 0.6) is 0 Å². The van der Waals surface area contributed by atoms with Gasteiger partial charge in [-0.3, -0.25) is 0 Å². The minimum Gasteiger partial charge on any atom is -0.379 e. The summed E-state index contributed by atoms with van der Waals surface area (Å²) >= 11 is 1.88. The molecule has 1 saturated heterocycles. The number of hydrogen-bond acceptors (Lipinski definition) is 5. The molecule has 1 aromatic rings. The van der Waals surface area contributed by atoms with Crippen molar-refractivity contribution in [2.75, 3.05) is 30.4 Å². The zero-order valence-electron chi connectivity index (χ0n) is 11.8. The van der Waals surface area contributed by atoms with Crippen LogP contribution in [-0.4, -0.2) is 41.5 Å². The van der Waals surface area contributed by atoms with Crippen LogP contribution in [0.25, 0.3) is 0 Å². The van der Waals surface area contributed by atoms with Crippen molar-refractivity contribution in [3.8, 4) is 0 Å². The fraction of sp³-hybridized carbons (Fsp3) is 0.714. The van der Waals surface area contributed by atoms with E-state index < -0.39 is 0 Å². The van der Waals surface area contributed by atoms with Crippen molar-refractivity contribution in [1.82, 2.24) is 9.97 Å². The number of anilines is 1. The van der Waals surface area contributed by atoms with E-state index in [1.807, 2.05) is 11.8 Å². The number of nitrogens with zero attached hydrogens (tertiary/aromatic N) is 3. The molecule has 1 unspecified atom stereocenters. The van der Waals surface area contributed by atoms with Crippen LogP contribution in [0, 0.1) is 6.92 Å². The molecule has 0 N–H and O–H groups in total. The molecule has 0 bridgehead atoms. The molecule has 0 radical (unpaired) electrons. The van der Waals surface area contributed by atoms with Crippen LogP contribution < -0.4 is 4.90 Å². The van der Waals surface area contributed by atoms with E-state index in [1.54, 1.807) is 0 Å². The van der Waals surface area contributed by atoms with Crippen molar-refractivity contribution in [1.29, 1.82) is 0 Å². The first-order chi connectivity index (χ1) is 9.16. The third-order valence-corrected chi connectivity index (χ3v) is 5.00. The van der Waals surface area contributed by atoms with Crippen LogP contribution in [0.3, 0.4) is 0 Å². The van der Waals surface area contributed by atoms with Gasteiger partial charge in [0.25, 0.3) is 0 Å². The second kappa shape index (κ2) is 5.29. The second-order valence-corrected chi connectivity index (χ2v) is 6.59. The van der Waals surface area contributed by atoms with Crippen LogP contribution in [-0.2, 0) is 4.74 Å². The minimum atomic E-state index is 0.373. The quantitative estimate of drug-likeness (QED) is 0.790. The summed E-state index contributed by atoms with van der Waals surface area (Å²) in [6.07, 6.45) is 1.08. The smallest absolute Gasteiger partial charge is 0.146 e. The average molecular weight is 279 g/mol. The van der Waals surface area contributed by atoms with Crippen molar-refractivity contribution in [2.24, 2.45) is 0 Å². The van der Waals surface area contributed by atoms with Gasteiger partial charge in [-0.05, 0) is 13.3 Å². The number of aryl methyl sites for hydroxylation is 1. The third-order valence-electron chi connectivity index (χ3n) is 3.68. The number of aromatic nitrogens is 2. The van der Waals surface area contributed by atoms with E-state index in [2.05, 4.69) is 30.7 Å². The van der Waals surface area contributed by atoms with E-state index >= 15 is 0 Å². The SMILES string of the molecule is Cc1nc(C(C)C)nc2c1SCC1COCCCN21. The summed E-state index contributed by atoms with van der Waals surface area (Å²) in [5, 5.41) is 0. The van der Waals surface area contributed by atoms with Gasteiger partial charge in [0.05, 0.1) is 23.2 Å². The van der Waals surface area contributed by atoms with Crippen molar-refractivity contribution < 1.29 is 4.74 Å². The number of hydrogen-bond donors (Lipinski definition) is 0. The summed E-state index contributed by atoms with van der Waals surface area (Å²) in [5.74, 6) is 3.56. The van der Waals surface area contributed by atoms with Gasteiger partial charge in [0.15, 0.2) is 0 Å². The van der Waals surface area contributed by atoms with Crippen LogP contribution in [0.1, 0.15) is 37.7 Å². The van der Waals surface area contributed by atoms with E-state index in [0.29, 0.717) is 12.0 Å².